The summed E-state index contributed by atoms with van der Waals surface area (Å²) in [4.78, 5) is 22.3. The van der Waals surface area contributed by atoms with Crippen LogP contribution in [0.25, 0.3) is 0 Å². The zero-order valence-corrected chi connectivity index (χ0v) is 12.8. The lowest BCUT2D eigenvalue weighted by Crippen LogP contribution is -2.12. The molecule has 0 aliphatic rings. The van der Waals surface area contributed by atoms with Crippen molar-refractivity contribution in [3.8, 4) is 5.75 Å². The lowest BCUT2D eigenvalue weighted by atomic mass is 10.2. The number of unbranched alkanes of at least 4 members (excludes halogenated alkanes) is 1. The van der Waals surface area contributed by atoms with E-state index < -0.39 is 10.8 Å². The van der Waals surface area contributed by atoms with Crippen LogP contribution in [0.5, 0.6) is 5.75 Å². The number of carbonyl (C=O) groups is 1. The van der Waals surface area contributed by atoms with E-state index in [0.29, 0.717) is 12.3 Å². The normalized spacial score (nSPS) is 10.1. The van der Waals surface area contributed by atoms with Crippen LogP contribution in [-0.4, -0.2) is 17.4 Å². The fourth-order valence-electron chi connectivity index (χ4n) is 1.93. The standard InChI is InChI=1S/C17H18N2O4/c1-2-3-11-23-16-9-7-14(8-10-16)18-17(20)13-5-4-6-15(12-13)19(21)22/h4-10,12H,2-3,11H2,1H3,(H,18,20). The lowest BCUT2D eigenvalue weighted by Gasteiger charge is -2.08. The molecule has 0 aliphatic carbocycles. The summed E-state index contributed by atoms with van der Waals surface area (Å²) >= 11 is 0. The highest BCUT2D eigenvalue weighted by Gasteiger charge is 2.11. The third kappa shape index (κ3) is 4.81. The van der Waals surface area contributed by atoms with Gasteiger partial charge in [0.25, 0.3) is 11.6 Å². The Kier molecular flexibility index (Phi) is 5.68. The minimum atomic E-state index is -0.529. The van der Waals surface area contributed by atoms with Gasteiger partial charge in [-0.05, 0) is 36.8 Å². The topological polar surface area (TPSA) is 81.5 Å². The second kappa shape index (κ2) is 7.93. The van der Waals surface area contributed by atoms with Crippen molar-refractivity contribution in [2.24, 2.45) is 0 Å². The minimum Gasteiger partial charge on any atom is -0.494 e. The summed E-state index contributed by atoms with van der Waals surface area (Å²) in [5, 5.41) is 13.4. The van der Waals surface area contributed by atoms with Gasteiger partial charge >= 0.3 is 0 Å². The maximum atomic E-state index is 12.1. The molecule has 0 atom stereocenters. The first kappa shape index (κ1) is 16.5. The Balaban J connectivity index is 2.00. The molecule has 0 bridgehead atoms. The number of non-ortho nitro benzene ring substituents is 1. The highest BCUT2D eigenvalue weighted by molar-refractivity contribution is 6.04. The van der Waals surface area contributed by atoms with Gasteiger partial charge in [0.15, 0.2) is 0 Å². The van der Waals surface area contributed by atoms with E-state index in [0.717, 1.165) is 18.6 Å². The van der Waals surface area contributed by atoms with Crippen LogP contribution in [0.1, 0.15) is 30.1 Å². The molecule has 0 saturated heterocycles. The second-order valence-corrected chi connectivity index (χ2v) is 4.99. The van der Waals surface area contributed by atoms with Gasteiger partial charge in [0.2, 0.25) is 0 Å². The molecule has 1 N–H and O–H groups in total. The Hall–Kier alpha value is -2.89. The van der Waals surface area contributed by atoms with Crippen LogP contribution >= 0.6 is 0 Å². The van der Waals surface area contributed by atoms with E-state index in [1.54, 1.807) is 24.3 Å². The average Bonchev–Trinajstić information content (AvgIpc) is 2.56. The van der Waals surface area contributed by atoms with Crippen molar-refractivity contribution in [2.45, 2.75) is 19.8 Å². The zero-order chi connectivity index (χ0) is 16.7. The maximum Gasteiger partial charge on any atom is 0.270 e. The molecule has 23 heavy (non-hydrogen) atoms. The Morgan fingerprint density at radius 2 is 1.96 bits per heavy atom. The number of nitro groups is 1. The molecule has 0 spiro atoms. The molecule has 0 heterocycles. The van der Waals surface area contributed by atoms with Crippen LogP contribution in [-0.2, 0) is 0 Å². The van der Waals surface area contributed by atoms with Gasteiger partial charge in [-0.3, -0.25) is 14.9 Å². The molecular formula is C17H18N2O4. The number of nitrogens with one attached hydrogen (secondary N) is 1. The molecule has 0 radical (unpaired) electrons. The van der Waals surface area contributed by atoms with Crippen molar-refractivity contribution < 1.29 is 14.5 Å². The van der Waals surface area contributed by atoms with Crippen molar-refractivity contribution in [1.82, 2.24) is 0 Å². The number of anilines is 1. The van der Waals surface area contributed by atoms with Crippen LogP contribution in [0.3, 0.4) is 0 Å². The Morgan fingerprint density at radius 3 is 2.61 bits per heavy atom. The van der Waals surface area contributed by atoms with Crippen molar-refractivity contribution in [3.63, 3.8) is 0 Å². The molecule has 2 rings (SSSR count). The third-order valence-electron chi connectivity index (χ3n) is 3.20. The predicted octanol–water partition coefficient (Wildman–Crippen LogP) is 4.03. The summed E-state index contributed by atoms with van der Waals surface area (Å²) in [6.45, 7) is 2.76. The minimum absolute atomic E-state index is 0.114. The van der Waals surface area contributed by atoms with E-state index in [-0.39, 0.29) is 11.3 Å². The van der Waals surface area contributed by atoms with E-state index in [4.69, 9.17) is 4.74 Å². The number of ether oxygens (including phenoxy) is 1. The number of amides is 1. The number of hydrogen-bond acceptors (Lipinski definition) is 4. The van der Waals surface area contributed by atoms with Gasteiger partial charge in [-0.15, -0.1) is 0 Å². The summed E-state index contributed by atoms with van der Waals surface area (Å²) in [6.07, 6.45) is 2.06. The fraction of sp³-hybridized carbons (Fsp3) is 0.235. The van der Waals surface area contributed by atoms with Gasteiger partial charge < -0.3 is 10.1 Å². The number of nitrogens with zero attached hydrogens (tertiary/aromatic N) is 1. The average molecular weight is 314 g/mol. The van der Waals surface area contributed by atoms with E-state index >= 15 is 0 Å². The summed E-state index contributed by atoms with van der Waals surface area (Å²) in [7, 11) is 0. The first-order valence-electron chi connectivity index (χ1n) is 7.39. The summed E-state index contributed by atoms with van der Waals surface area (Å²) in [6, 6.07) is 12.6. The van der Waals surface area contributed by atoms with Gasteiger partial charge in [-0.25, -0.2) is 0 Å². The van der Waals surface area contributed by atoms with E-state index in [1.165, 1.54) is 24.3 Å². The van der Waals surface area contributed by atoms with Crippen LogP contribution in [0, 0.1) is 10.1 Å². The molecule has 6 heteroatoms. The molecule has 2 aromatic rings. The fourth-order valence-corrected chi connectivity index (χ4v) is 1.93. The third-order valence-corrected chi connectivity index (χ3v) is 3.20. The summed E-state index contributed by atoms with van der Waals surface area (Å²) < 4.78 is 5.55. The lowest BCUT2D eigenvalue weighted by molar-refractivity contribution is -0.384. The number of benzene rings is 2. The molecule has 0 fully saturated rings. The number of nitro benzene ring substituents is 1. The number of carbonyl (C=O) groups excluding carboxylic acids is 1. The van der Waals surface area contributed by atoms with Gasteiger partial charge in [0, 0.05) is 23.4 Å². The molecule has 120 valence electrons. The molecule has 0 aromatic heterocycles. The van der Waals surface area contributed by atoms with Gasteiger partial charge in [-0.2, -0.15) is 0 Å². The zero-order valence-electron chi connectivity index (χ0n) is 12.8. The van der Waals surface area contributed by atoms with Crippen molar-refractivity contribution in [3.05, 3.63) is 64.2 Å². The molecular weight excluding hydrogens is 296 g/mol. The molecule has 2 aromatic carbocycles. The van der Waals surface area contributed by atoms with Gasteiger partial charge in [0.05, 0.1) is 11.5 Å². The first-order chi connectivity index (χ1) is 11.1. The van der Waals surface area contributed by atoms with Crippen LogP contribution < -0.4 is 10.1 Å². The largest absolute Gasteiger partial charge is 0.494 e. The molecule has 0 unspecified atom stereocenters. The first-order valence-corrected chi connectivity index (χ1v) is 7.39. The number of rotatable bonds is 7. The Labute approximate surface area is 134 Å². The van der Waals surface area contributed by atoms with Crippen LogP contribution in [0.2, 0.25) is 0 Å². The van der Waals surface area contributed by atoms with Crippen molar-refractivity contribution >= 4 is 17.3 Å². The van der Waals surface area contributed by atoms with Crippen LogP contribution in [0.4, 0.5) is 11.4 Å². The predicted molar refractivity (Wildman–Crippen MR) is 87.9 cm³/mol. The SMILES string of the molecule is CCCCOc1ccc(NC(=O)c2cccc([N+](=O)[O-])c2)cc1. The van der Waals surface area contributed by atoms with Gasteiger partial charge in [-0.1, -0.05) is 19.4 Å². The van der Waals surface area contributed by atoms with Crippen molar-refractivity contribution in [1.29, 1.82) is 0 Å². The van der Waals surface area contributed by atoms with Crippen molar-refractivity contribution in [2.75, 3.05) is 11.9 Å². The molecule has 0 saturated carbocycles. The Morgan fingerprint density at radius 1 is 1.22 bits per heavy atom. The highest BCUT2D eigenvalue weighted by atomic mass is 16.6. The second-order valence-electron chi connectivity index (χ2n) is 4.99. The highest BCUT2D eigenvalue weighted by Crippen LogP contribution is 2.18. The smallest absolute Gasteiger partial charge is 0.270 e. The van der Waals surface area contributed by atoms with E-state index in [9.17, 15) is 14.9 Å². The Bertz CT molecular complexity index is 683. The molecule has 1 amide bonds. The quantitative estimate of drug-likeness (QED) is 0.475. The molecule has 0 aliphatic heterocycles. The summed E-state index contributed by atoms with van der Waals surface area (Å²) in [5.41, 5.74) is 0.726. The number of hydrogen-bond donors (Lipinski definition) is 1. The monoisotopic (exact) mass is 314 g/mol. The van der Waals surface area contributed by atoms with E-state index in [1.807, 2.05) is 0 Å². The maximum absolute atomic E-state index is 12.1. The van der Waals surface area contributed by atoms with E-state index in [2.05, 4.69) is 12.2 Å². The van der Waals surface area contributed by atoms with Crippen LogP contribution in [0.15, 0.2) is 48.5 Å². The summed E-state index contributed by atoms with van der Waals surface area (Å²) in [5.74, 6) is 0.347. The van der Waals surface area contributed by atoms with Gasteiger partial charge in [0.1, 0.15) is 5.75 Å². The molecule has 6 nitrogen and oxygen atoms in total.